The van der Waals surface area contributed by atoms with Gasteiger partial charge in [0, 0.05) is 11.1 Å². The average molecular weight is 400 g/mol. The molecule has 0 radical (unpaired) electrons. The molecule has 2 aromatic rings. The summed E-state index contributed by atoms with van der Waals surface area (Å²) in [6.07, 6.45) is -3.41. The van der Waals surface area contributed by atoms with Crippen LogP contribution in [0, 0.1) is 4.77 Å². The molecule has 0 saturated heterocycles. The van der Waals surface area contributed by atoms with Crippen molar-refractivity contribution in [2.75, 3.05) is 0 Å². The van der Waals surface area contributed by atoms with E-state index >= 15 is 0 Å². The van der Waals surface area contributed by atoms with Crippen molar-refractivity contribution in [3.63, 3.8) is 0 Å². The van der Waals surface area contributed by atoms with Crippen LogP contribution >= 0.6 is 12.2 Å². The van der Waals surface area contributed by atoms with Crippen LogP contribution in [0.2, 0.25) is 0 Å². The Morgan fingerprint density at radius 1 is 1.07 bits per heavy atom. The van der Waals surface area contributed by atoms with Gasteiger partial charge in [-0.3, -0.25) is 0 Å². The molecule has 0 spiro atoms. The summed E-state index contributed by atoms with van der Waals surface area (Å²) in [5.41, 5.74) is 1.19. The van der Waals surface area contributed by atoms with Crippen molar-refractivity contribution < 1.29 is 18.3 Å². The van der Waals surface area contributed by atoms with Crippen LogP contribution in [0.5, 0.6) is 5.75 Å². The van der Waals surface area contributed by atoms with E-state index in [1.54, 1.807) is 12.1 Å². The zero-order valence-electron chi connectivity index (χ0n) is 16.1. The predicted octanol–water partition coefficient (Wildman–Crippen LogP) is 5.14. The van der Waals surface area contributed by atoms with Crippen molar-refractivity contribution in [2.24, 2.45) is 5.10 Å². The molecule has 148 valence electrons. The molecule has 5 nitrogen and oxygen atoms in total. The van der Waals surface area contributed by atoms with E-state index in [0.29, 0.717) is 21.4 Å². The Bertz CT molecular complexity index is 893. The third-order valence-electron chi connectivity index (χ3n) is 3.97. The second-order valence-electron chi connectivity index (χ2n) is 8.37. The maximum absolute atomic E-state index is 13.0. The first-order chi connectivity index (χ1) is 12.1. The number of benzene rings is 1. The first-order valence-electron chi connectivity index (χ1n) is 8.29. The largest absolute Gasteiger partial charge is 0.507 e. The zero-order chi connectivity index (χ0) is 20.8. The second-order valence-corrected chi connectivity index (χ2v) is 8.76. The SMILES string of the molecule is CC(C)(C)c1cc(/C=N\n2c(C(F)(F)F)n[nH]c2=S)cc(C(C)(C)C)c1O. The predicted molar refractivity (Wildman–Crippen MR) is 101 cm³/mol. The summed E-state index contributed by atoms with van der Waals surface area (Å²) in [4.78, 5) is 0. The highest BCUT2D eigenvalue weighted by Gasteiger charge is 2.37. The number of nitrogens with one attached hydrogen (secondary N) is 1. The molecule has 9 heteroatoms. The molecule has 0 amide bonds. The Balaban J connectivity index is 2.63. The first kappa shape index (κ1) is 21.1. The van der Waals surface area contributed by atoms with E-state index in [1.807, 2.05) is 41.5 Å². The Kier molecular flexibility index (Phi) is 5.31. The minimum absolute atomic E-state index is 0.183. The van der Waals surface area contributed by atoms with Gasteiger partial charge < -0.3 is 5.11 Å². The van der Waals surface area contributed by atoms with Crippen molar-refractivity contribution in [1.29, 1.82) is 0 Å². The summed E-state index contributed by atoms with van der Waals surface area (Å²) >= 11 is 4.84. The summed E-state index contributed by atoms with van der Waals surface area (Å²) in [5.74, 6) is -1.04. The number of H-pyrrole nitrogens is 1. The fraction of sp³-hybridized carbons (Fsp3) is 0.500. The highest BCUT2D eigenvalue weighted by molar-refractivity contribution is 7.71. The standard InChI is InChI=1S/C18H23F3N4OS/c1-16(2,3)11-7-10(8-12(13(11)26)17(4,5)6)9-22-25-14(18(19,20)21)23-24-15(25)27/h7-9,26H,1-6H3,(H,24,27)/b22-9-. The third kappa shape index (κ3) is 4.58. The molecule has 27 heavy (non-hydrogen) atoms. The highest BCUT2D eigenvalue weighted by atomic mass is 32.1. The normalized spacial score (nSPS) is 13.5. The smallest absolute Gasteiger partial charge is 0.453 e. The fourth-order valence-corrected chi connectivity index (χ4v) is 2.76. The van der Waals surface area contributed by atoms with Crippen LogP contribution in [0.4, 0.5) is 13.2 Å². The van der Waals surface area contributed by atoms with E-state index in [-0.39, 0.29) is 21.4 Å². The van der Waals surface area contributed by atoms with Crippen LogP contribution in [0.1, 0.15) is 64.1 Å². The Morgan fingerprint density at radius 2 is 1.56 bits per heavy atom. The number of nitrogens with zero attached hydrogens (tertiary/aromatic N) is 3. The number of halogens is 3. The maximum Gasteiger partial charge on any atom is 0.453 e. The molecule has 0 saturated carbocycles. The topological polar surface area (TPSA) is 66.2 Å². The minimum atomic E-state index is -4.69. The van der Waals surface area contributed by atoms with Crippen molar-refractivity contribution in [2.45, 2.75) is 58.5 Å². The molecular formula is C18H23F3N4OS. The molecule has 0 unspecified atom stereocenters. The lowest BCUT2D eigenvalue weighted by molar-refractivity contribution is -0.147. The van der Waals surface area contributed by atoms with Gasteiger partial charge in [-0.15, -0.1) is 5.10 Å². The quantitative estimate of drug-likeness (QED) is 0.542. The first-order valence-corrected chi connectivity index (χ1v) is 8.70. The summed E-state index contributed by atoms with van der Waals surface area (Å²) < 4.78 is 39.4. The molecule has 0 aliphatic carbocycles. The molecule has 0 bridgehead atoms. The van der Waals surface area contributed by atoms with E-state index in [9.17, 15) is 18.3 Å². The van der Waals surface area contributed by atoms with E-state index in [0.717, 1.165) is 0 Å². The number of alkyl halides is 3. The lowest BCUT2D eigenvalue weighted by atomic mass is 9.78. The average Bonchev–Trinajstić information content (AvgIpc) is 2.84. The van der Waals surface area contributed by atoms with Gasteiger partial charge in [0.25, 0.3) is 5.82 Å². The number of hydrogen-bond donors (Lipinski definition) is 2. The van der Waals surface area contributed by atoms with Gasteiger partial charge >= 0.3 is 6.18 Å². The van der Waals surface area contributed by atoms with Crippen molar-refractivity contribution in [1.82, 2.24) is 14.9 Å². The maximum atomic E-state index is 13.0. The minimum Gasteiger partial charge on any atom is -0.507 e. The number of phenols is 1. The van der Waals surface area contributed by atoms with Crippen LogP contribution < -0.4 is 0 Å². The summed E-state index contributed by atoms with van der Waals surface area (Å²) in [7, 11) is 0. The summed E-state index contributed by atoms with van der Waals surface area (Å²) in [5, 5.41) is 19.9. The molecule has 0 aliphatic heterocycles. The third-order valence-corrected chi connectivity index (χ3v) is 4.24. The zero-order valence-corrected chi connectivity index (χ0v) is 16.9. The number of aromatic nitrogens is 3. The molecule has 1 aromatic heterocycles. The number of aromatic amines is 1. The Labute approximate surface area is 160 Å². The van der Waals surface area contributed by atoms with Crippen LogP contribution in [0.25, 0.3) is 0 Å². The molecule has 1 heterocycles. The summed E-state index contributed by atoms with van der Waals surface area (Å²) in [6.45, 7) is 11.7. The van der Waals surface area contributed by atoms with Gasteiger partial charge in [0.2, 0.25) is 4.77 Å². The summed E-state index contributed by atoms with van der Waals surface area (Å²) in [6, 6.07) is 3.43. The number of aromatic hydroxyl groups is 1. The lowest BCUT2D eigenvalue weighted by Crippen LogP contribution is -2.18. The van der Waals surface area contributed by atoms with Crippen LogP contribution in [-0.4, -0.2) is 26.2 Å². The van der Waals surface area contributed by atoms with Crippen molar-refractivity contribution in [3.05, 3.63) is 39.4 Å². The van der Waals surface area contributed by atoms with E-state index < -0.39 is 12.0 Å². The lowest BCUT2D eigenvalue weighted by Gasteiger charge is -2.27. The van der Waals surface area contributed by atoms with Gasteiger partial charge in [-0.05, 0) is 40.7 Å². The van der Waals surface area contributed by atoms with Gasteiger partial charge in [-0.1, -0.05) is 41.5 Å². The van der Waals surface area contributed by atoms with Gasteiger partial charge in [0.05, 0.1) is 6.21 Å². The number of phenolic OH excluding ortho intramolecular Hbond substituents is 1. The molecule has 2 N–H and O–H groups in total. The molecular weight excluding hydrogens is 377 g/mol. The van der Waals surface area contributed by atoms with E-state index in [1.165, 1.54) is 6.21 Å². The second kappa shape index (κ2) is 6.78. The van der Waals surface area contributed by atoms with Crippen LogP contribution in [0.3, 0.4) is 0 Å². The van der Waals surface area contributed by atoms with Gasteiger partial charge in [-0.25, -0.2) is 5.10 Å². The Morgan fingerprint density at radius 3 is 1.96 bits per heavy atom. The fourth-order valence-electron chi connectivity index (χ4n) is 2.58. The van der Waals surface area contributed by atoms with E-state index in [4.69, 9.17) is 12.2 Å². The molecule has 1 aromatic carbocycles. The van der Waals surface area contributed by atoms with Gasteiger partial charge in [0.15, 0.2) is 0 Å². The highest BCUT2D eigenvalue weighted by Crippen LogP contribution is 2.39. The molecule has 0 aliphatic rings. The van der Waals surface area contributed by atoms with Crippen LogP contribution in [-0.2, 0) is 17.0 Å². The van der Waals surface area contributed by atoms with Gasteiger partial charge in [-0.2, -0.15) is 22.9 Å². The monoisotopic (exact) mass is 400 g/mol. The molecule has 0 fully saturated rings. The number of rotatable bonds is 2. The molecule has 0 atom stereocenters. The number of hydrogen-bond acceptors (Lipinski definition) is 4. The van der Waals surface area contributed by atoms with Crippen molar-refractivity contribution >= 4 is 18.4 Å². The van der Waals surface area contributed by atoms with Crippen LogP contribution in [0.15, 0.2) is 17.2 Å². The van der Waals surface area contributed by atoms with Gasteiger partial charge in [0.1, 0.15) is 5.75 Å². The van der Waals surface area contributed by atoms with E-state index in [2.05, 4.69) is 15.3 Å². The molecule has 2 rings (SSSR count). The van der Waals surface area contributed by atoms with Crippen molar-refractivity contribution in [3.8, 4) is 5.75 Å². The Hall–Kier alpha value is -2.16.